The molecule has 0 saturated carbocycles. The molecule has 198 valence electrons. The number of nitrogens with zero attached hydrogens (tertiary/aromatic N) is 6. The Morgan fingerprint density at radius 2 is 1.92 bits per heavy atom. The van der Waals surface area contributed by atoms with E-state index in [1.54, 1.807) is 32.4 Å². The molecule has 4 heterocycles. The molecule has 1 amide bonds. The van der Waals surface area contributed by atoms with Gasteiger partial charge < -0.3 is 29.7 Å². The van der Waals surface area contributed by atoms with Crippen molar-refractivity contribution in [2.24, 2.45) is 0 Å². The summed E-state index contributed by atoms with van der Waals surface area (Å²) >= 11 is 0. The van der Waals surface area contributed by atoms with E-state index in [1.165, 1.54) is 17.3 Å². The maximum Gasteiger partial charge on any atom is 0.262 e. The molecular formula is C27H31FN8O2. The van der Waals surface area contributed by atoms with Crippen molar-refractivity contribution in [3.63, 3.8) is 0 Å². The molecule has 5 rings (SSSR count). The molecule has 3 aromatic heterocycles. The predicted molar refractivity (Wildman–Crippen MR) is 145 cm³/mol. The van der Waals surface area contributed by atoms with Crippen LogP contribution in [0, 0.1) is 12.7 Å². The van der Waals surface area contributed by atoms with Gasteiger partial charge in [0.2, 0.25) is 5.88 Å². The third-order valence-corrected chi connectivity index (χ3v) is 6.66. The highest BCUT2D eigenvalue weighted by Gasteiger charge is 2.25. The average molecular weight is 519 g/mol. The van der Waals surface area contributed by atoms with Gasteiger partial charge in [-0.05, 0) is 43.8 Å². The normalized spacial score (nSPS) is 14.1. The molecule has 1 aromatic carbocycles. The lowest BCUT2D eigenvalue weighted by Gasteiger charge is -2.35. The molecule has 10 nitrogen and oxygen atoms in total. The van der Waals surface area contributed by atoms with E-state index in [2.05, 4.69) is 42.0 Å². The third-order valence-electron chi connectivity index (χ3n) is 6.66. The Morgan fingerprint density at radius 3 is 2.61 bits per heavy atom. The van der Waals surface area contributed by atoms with Crippen molar-refractivity contribution < 1.29 is 13.9 Å². The molecule has 0 spiro atoms. The minimum atomic E-state index is -0.541. The zero-order chi connectivity index (χ0) is 26.8. The monoisotopic (exact) mass is 518 g/mol. The lowest BCUT2D eigenvalue weighted by Crippen LogP contribution is -2.46. The smallest absolute Gasteiger partial charge is 0.262 e. The minimum Gasteiger partial charge on any atom is -0.435 e. The Balaban J connectivity index is 1.42. The molecule has 1 saturated heterocycles. The van der Waals surface area contributed by atoms with Crippen molar-refractivity contribution in [1.29, 1.82) is 0 Å². The van der Waals surface area contributed by atoms with E-state index < -0.39 is 11.7 Å². The van der Waals surface area contributed by atoms with Crippen molar-refractivity contribution in [3.05, 3.63) is 59.9 Å². The molecule has 4 aromatic rings. The Bertz CT molecular complexity index is 1450. The summed E-state index contributed by atoms with van der Waals surface area (Å²) in [5.74, 6) is -0.317. The number of H-pyrrole nitrogens is 1. The number of rotatable bonds is 7. The van der Waals surface area contributed by atoms with Crippen LogP contribution >= 0.6 is 0 Å². The Labute approximate surface area is 220 Å². The summed E-state index contributed by atoms with van der Waals surface area (Å²) in [5.41, 5.74) is 2.59. The summed E-state index contributed by atoms with van der Waals surface area (Å²) in [7, 11) is 3.23. The fourth-order valence-electron chi connectivity index (χ4n) is 4.52. The topological polar surface area (TPSA) is 103 Å². The molecule has 0 unspecified atom stereocenters. The first-order valence-corrected chi connectivity index (χ1v) is 12.6. The van der Waals surface area contributed by atoms with E-state index in [0.29, 0.717) is 16.7 Å². The van der Waals surface area contributed by atoms with Crippen LogP contribution in [-0.2, 0) is 0 Å². The lowest BCUT2D eigenvalue weighted by molar-refractivity contribution is 0.0825. The summed E-state index contributed by atoms with van der Waals surface area (Å²) in [5, 5.41) is 3.51. The quantitative estimate of drug-likeness (QED) is 0.376. The summed E-state index contributed by atoms with van der Waals surface area (Å²) < 4.78 is 21.1. The highest BCUT2D eigenvalue weighted by atomic mass is 19.1. The number of hydrogen-bond acceptors (Lipinski definition) is 8. The molecule has 1 aliphatic rings. The second-order valence-corrected chi connectivity index (χ2v) is 9.44. The van der Waals surface area contributed by atoms with E-state index in [-0.39, 0.29) is 23.0 Å². The van der Waals surface area contributed by atoms with Crippen molar-refractivity contribution in [2.75, 3.05) is 57.0 Å². The molecule has 1 aliphatic heterocycles. The first-order chi connectivity index (χ1) is 18.3. The van der Waals surface area contributed by atoms with E-state index in [4.69, 9.17) is 4.74 Å². The molecule has 0 atom stereocenters. The molecule has 38 heavy (non-hydrogen) atoms. The van der Waals surface area contributed by atoms with E-state index in [1.807, 2.05) is 19.1 Å². The van der Waals surface area contributed by atoms with Gasteiger partial charge in [0.15, 0.2) is 17.4 Å². The first-order valence-electron chi connectivity index (χ1n) is 12.6. The van der Waals surface area contributed by atoms with Crippen LogP contribution in [0.25, 0.3) is 10.9 Å². The maximum absolute atomic E-state index is 15.2. The molecule has 0 aliphatic carbocycles. The van der Waals surface area contributed by atoms with Crippen LogP contribution in [0.15, 0.2) is 42.9 Å². The number of benzene rings is 1. The standard InChI is InChI=1S/C27H31FN8O2/c1-5-35-10-12-36(13-11-35)18-6-9-22(29-15-18)33-25-23(27(37)34(3)4)26(31-16-30-25)38-21-8-7-20-19(24(21)28)14-17(2)32-20/h6-9,14-16,32H,5,10-13H2,1-4H3,(H,29,30,31,33). The third kappa shape index (κ3) is 5.10. The zero-order valence-electron chi connectivity index (χ0n) is 22.0. The van der Waals surface area contributed by atoms with E-state index in [0.717, 1.165) is 44.1 Å². The summed E-state index contributed by atoms with van der Waals surface area (Å²) in [6.45, 7) is 9.02. The highest BCUT2D eigenvalue weighted by Crippen LogP contribution is 2.33. The van der Waals surface area contributed by atoms with Crippen LogP contribution in [-0.4, -0.2) is 82.5 Å². The van der Waals surface area contributed by atoms with Crippen LogP contribution in [0.2, 0.25) is 0 Å². The molecule has 0 bridgehead atoms. The number of pyridine rings is 1. The van der Waals surface area contributed by atoms with Gasteiger partial charge in [-0.15, -0.1) is 0 Å². The number of ether oxygens (including phenoxy) is 1. The summed E-state index contributed by atoms with van der Waals surface area (Å²) in [6.07, 6.45) is 3.07. The largest absolute Gasteiger partial charge is 0.435 e. The van der Waals surface area contributed by atoms with Crippen LogP contribution in [0.4, 0.5) is 21.7 Å². The number of aromatic nitrogens is 4. The zero-order valence-corrected chi connectivity index (χ0v) is 22.0. The number of carbonyl (C=O) groups excluding carboxylic acids is 1. The van der Waals surface area contributed by atoms with Crippen LogP contribution in [0.1, 0.15) is 23.0 Å². The minimum absolute atomic E-state index is 0.0420. The number of fused-ring (bicyclic) bond motifs is 1. The van der Waals surface area contributed by atoms with Gasteiger partial charge in [0.1, 0.15) is 17.7 Å². The first kappa shape index (κ1) is 25.4. The molecule has 1 fully saturated rings. The number of aryl methyl sites for hydroxylation is 1. The van der Waals surface area contributed by atoms with Crippen LogP contribution < -0.4 is 15.0 Å². The second-order valence-electron chi connectivity index (χ2n) is 9.44. The number of piperazine rings is 1. The van der Waals surface area contributed by atoms with Crippen molar-refractivity contribution in [1.82, 2.24) is 29.7 Å². The van der Waals surface area contributed by atoms with Gasteiger partial charge in [-0.3, -0.25) is 4.79 Å². The predicted octanol–water partition coefficient (Wildman–Crippen LogP) is 4.18. The van der Waals surface area contributed by atoms with Gasteiger partial charge in [0.25, 0.3) is 5.91 Å². The Hall–Kier alpha value is -4.25. The number of carbonyl (C=O) groups is 1. The van der Waals surface area contributed by atoms with E-state index >= 15 is 4.39 Å². The molecular weight excluding hydrogens is 487 g/mol. The number of nitrogens with one attached hydrogen (secondary N) is 2. The van der Waals surface area contributed by atoms with Gasteiger partial charge in [0.05, 0.1) is 11.9 Å². The maximum atomic E-state index is 15.2. The Kier molecular flexibility index (Phi) is 7.10. The molecule has 2 N–H and O–H groups in total. The lowest BCUT2D eigenvalue weighted by atomic mass is 10.2. The van der Waals surface area contributed by atoms with Crippen LogP contribution in [0.3, 0.4) is 0 Å². The summed E-state index contributed by atoms with van der Waals surface area (Å²) in [6, 6.07) is 8.77. The van der Waals surface area contributed by atoms with Crippen LogP contribution in [0.5, 0.6) is 11.6 Å². The molecule has 11 heteroatoms. The summed E-state index contributed by atoms with van der Waals surface area (Å²) in [4.78, 5) is 35.4. The fraction of sp³-hybridized carbons (Fsp3) is 0.333. The fourth-order valence-corrected chi connectivity index (χ4v) is 4.52. The number of hydrogen-bond donors (Lipinski definition) is 2. The van der Waals surface area contributed by atoms with Crippen molar-refractivity contribution in [2.45, 2.75) is 13.8 Å². The van der Waals surface area contributed by atoms with Crippen molar-refractivity contribution in [3.8, 4) is 11.6 Å². The second kappa shape index (κ2) is 10.6. The number of aromatic amines is 1. The average Bonchev–Trinajstić information content (AvgIpc) is 3.32. The number of likely N-dealkylation sites (N-methyl/N-ethyl adjacent to an activating group) is 1. The van der Waals surface area contributed by atoms with Gasteiger partial charge >= 0.3 is 0 Å². The Morgan fingerprint density at radius 1 is 1.13 bits per heavy atom. The number of amides is 1. The van der Waals surface area contributed by atoms with Gasteiger partial charge in [-0.1, -0.05) is 6.92 Å². The molecule has 0 radical (unpaired) electrons. The SMILES string of the molecule is CCN1CCN(c2ccc(Nc3ncnc(Oc4ccc5[nH]c(C)cc5c4F)c3C(=O)N(C)C)nc2)CC1. The van der Waals surface area contributed by atoms with Gasteiger partial charge in [-0.25, -0.2) is 19.3 Å². The van der Waals surface area contributed by atoms with Gasteiger partial charge in [0, 0.05) is 56.9 Å². The number of halogens is 1. The highest BCUT2D eigenvalue weighted by molar-refractivity contribution is 6.01. The number of anilines is 3. The van der Waals surface area contributed by atoms with E-state index in [9.17, 15) is 4.79 Å². The van der Waals surface area contributed by atoms with Crippen molar-refractivity contribution >= 4 is 34.1 Å². The van der Waals surface area contributed by atoms with Gasteiger partial charge in [-0.2, -0.15) is 0 Å².